The lowest BCUT2D eigenvalue weighted by molar-refractivity contribution is 0.0420. The summed E-state index contributed by atoms with van der Waals surface area (Å²) in [5, 5.41) is 6.76. The third-order valence-electron chi connectivity index (χ3n) is 4.88. The first kappa shape index (κ1) is 18.5. The smallest absolute Gasteiger partial charge is 0.190 e. The second-order valence-electron chi connectivity index (χ2n) is 6.78. The number of aliphatic imine (C=N–C) groups is 1. The summed E-state index contributed by atoms with van der Waals surface area (Å²) in [7, 11) is 1.83. The molecule has 2 aliphatic rings. The zero-order valence-corrected chi connectivity index (χ0v) is 14.8. The van der Waals surface area contributed by atoms with Gasteiger partial charge >= 0.3 is 0 Å². The summed E-state index contributed by atoms with van der Waals surface area (Å²) in [6, 6.07) is 0. The Bertz CT molecular complexity index is 296. The maximum absolute atomic E-state index is 5.75. The van der Waals surface area contributed by atoms with Gasteiger partial charge < -0.3 is 20.1 Å². The van der Waals surface area contributed by atoms with Gasteiger partial charge in [0.2, 0.25) is 0 Å². The number of hydrogen-bond donors (Lipinski definition) is 2. The van der Waals surface area contributed by atoms with Crippen LogP contribution < -0.4 is 10.6 Å². The van der Waals surface area contributed by atoms with E-state index in [1.807, 2.05) is 7.05 Å². The Kier molecular flexibility index (Phi) is 9.41. The molecule has 2 rings (SSSR count). The molecular weight excluding hydrogens is 290 g/mol. The topological polar surface area (TPSA) is 54.9 Å². The molecule has 1 atom stereocenters. The number of hydrogen-bond acceptors (Lipinski definition) is 3. The molecule has 1 aliphatic heterocycles. The first-order valence-corrected chi connectivity index (χ1v) is 9.52. The summed E-state index contributed by atoms with van der Waals surface area (Å²) in [5.74, 6) is 1.92. The molecule has 1 saturated carbocycles. The molecule has 2 fully saturated rings. The van der Waals surface area contributed by atoms with Crippen molar-refractivity contribution >= 4 is 5.96 Å². The number of nitrogens with one attached hydrogen (secondary N) is 2. The van der Waals surface area contributed by atoms with E-state index in [2.05, 4.69) is 15.6 Å². The molecule has 1 saturated heterocycles. The molecule has 2 N–H and O–H groups in total. The zero-order chi connectivity index (χ0) is 16.2. The highest BCUT2D eigenvalue weighted by Crippen LogP contribution is 2.28. The Morgan fingerprint density at radius 2 is 1.87 bits per heavy atom. The third-order valence-corrected chi connectivity index (χ3v) is 4.88. The fourth-order valence-corrected chi connectivity index (χ4v) is 3.46. The first-order valence-electron chi connectivity index (χ1n) is 9.52. The van der Waals surface area contributed by atoms with Gasteiger partial charge in [-0.15, -0.1) is 0 Å². The average Bonchev–Trinajstić information content (AvgIpc) is 3.26. The van der Waals surface area contributed by atoms with E-state index in [-0.39, 0.29) is 0 Å². The standard InChI is InChI=1S/C18H35N3O2/c1-19-18(20-11-5-4-9-16-7-2-3-8-16)21-12-6-13-23-17-10-14-22-15-17/h16-17H,2-15H2,1H3,(H2,19,20,21). The summed E-state index contributed by atoms with van der Waals surface area (Å²) in [6.45, 7) is 4.31. The molecule has 5 heteroatoms. The molecule has 0 bridgehead atoms. The highest BCUT2D eigenvalue weighted by Gasteiger charge is 2.15. The first-order chi connectivity index (χ1) is 11.4. The van der Waals surface area contributed by atoms with E-state index in [1.165, 1.54) is 44.9 Å². The molecule has 0 spiro atoms. The van der Waals surface area contributed by atoms with Crippen LogP contribution in [0.15, 0.2) is 4.99 Å². The van der Waals surface area contributed by atoms with E-state index >= 15 is 0 Å². The Morgan fingerprint density at radius 1 is 1.09 bits per heavy atom. The molecule has 1 aliphatic carbocycles. The van der Waals surface area contributed by atoms with E-state index < -0.39 is 0 Å². The fourth-order valence-electron chi connectivity index (χ4n) is 3.46. The Labute approximate surface area is 141 Å². The molecule has 0 aromatic carbocycles. The van der Waals surface area contributed by atoms with E-state index in [0.29, 0.717) is 6.10 Å². The molecule has 23 heavy (non-hydrogen) atoms. The second kappa shape index (κ2) is 11.7. The Balaban J connectivity index is 1.40. The van der Waals surface area contributed by atoms with E-state index in [0.717, 1.165) is 57.6 Å². The fraction of sp³-hybridized carbons (Fsp3) is 0.944. The largest absolute Gasteiger partial charge is 0.379 e. The number of nitrogens with zero attached hydrogens (tertiary/aromatic N) is 1. The Morgan fingerprint density at radius 3 is 2.57 bits per heavy atom. The monoisotopic (exact) mass is 325 g/mol. The summed E-state index contributed by atoms with van der Waals surface area (Å²) >= 11 is 0. The molecular formula is C18H35N3O2. The minimum Gasteiger partial charge on any atom is -0.379 e. The van der Waals surface area contributed by atoms with Crippen LogP contribution in [-0.4, -0.2) is 52.0 Å². The van der Waals surface area contributed by atoms with Gasteiger partial charge in [-0.05, 0) is 25.2 Å². The van der Waals surface area contributed by atoms with Crippen molar-refractivity contribution in [2.24, 2.45) is 10.9 Å². The van der Waals surface area contributed by atoms with Crippen LogP contribution in [0.3, 0.4) is 0 Å². The highest BCUT2D eigenvalue weighted by atomic mass is 16.5. The van der Waals surface area contributed by atoms with Crippen LogP contribution in [-0.2, 0) is 9.47 Å². The number of rotatable bonds is 10. The molecule has 0 radical (unpaired) electrons. The number of ether oxygens (including phenoxy) is 2. The van der Waals surface area contributed by atoms with Gasteiger partial charge in [0, 0.05) is 33.4 Å². The van der Waals surface area contributed by atoms with Gasteiger partial charge in [0.25, 0.3) is 0 Å². The lowest BCUT2D eigenvalue weighted by atomic mass is 10.0. The van der Waals surface area contributed by atoms with Gasteiger partial charge in [-0.3, -0.25) is 4.99 Å². The molecule has 0 amide bonds. The predicted molar refractivity (Wildman–Crippen MR) is 95.0 cm³/mol. The quantitative estimate of drug-likeness (QED) is 0.368. The van der Waals surface area contributed by atoms with Crippen molar-refractivity contribution in [3.05, 3.63) is 0 Å². The van der Waals surface area contributed by atoms with Gasteiger partial charge in [-0.25, -0.2) is 0 Å². The third kappa shape index (κ3) is 8.02. The maximum Gasteiger partial charge on any atom is 0.190 e. The van der Waals surface area contributed by atoms with Crippen LogP contribution in [0.5, 0.6) is 0 Å². The van der Waals surface area contributed by atoms with Crippen LogP contribution in [0.4, 0.5) is 0 Å². The second-order valence-corrected chi connectivity index (χ2v) is 6.78. The number of unbranched alkanes of at least 4 members (excludes halogenated alkanes) is 1. The minimum absolute atomic E-state index is 0.312. The van der Waals surface area contributed by atoms with Crippen molar-refractivity contribution in [1.82, 2.24) is 10.6 Å². The summed E-state index contributed by atoms with van der Waals surface area (Å²) in [6.07, 6.45) is 12.2. The molecule has 134 valence electrons. The van der Waals surface area contributed by atoms with Gasteiger partial charge in [0.05, 0.1) is 12.7 Å². The molecule has 0 aromatic rings. The van der Waals surface area contributed by atoms with Gasteiger partial charge in [0.1, 0.15) is 0 Å². The Hall–Kier alpha value is -0.810. The van der Waals surface area contributed by atoms with Crippen molar-refractivity contribution in [3.8, 4) is 0 Å². The zero-order valence-electron chi connectivity index (χ0n) is 14.8. The number of guanidine groups is 1. The van der Waals surface area contributed by atoms with Crippen molar-refractivity contribution in [1.29, 1.82) is 0 Å². The van der Waals surface area contributed by atoms with Crippen LogP contribution >= 0.6 is 0 Å². The summed E-state index contributed by atoms with van der Waals surface area (Å²) in [5.41, 5.74) is 0. The van der Waals surface area contributed by atoms with Crippen molar-refractivity contribution in [2.75, 3.05) is 40.0 Å². The van der Waals surface area contributed by atoms with Crippen molar-refractivity contribution in [3.63, 3.8) is 0 Å². The minimum atomic E-state index is 0.312. The van der Waals surface area contributed by atoms with E-state index in [1.54, 1.807) is 0 Å². The normalized spacial score (nSPS) is 22.7. The molecule has 1 heterocycles. The van der Waals surface area contributed by atoms with Crippen LogP contribution in [0.2, 0.25) is 0 Å². The van der Waals surface area contributed by atoms with Crippen LogP contribution in [0, 0.1) is 5.92 Å². The van der Waals surface area contributed by atoms with Crippen molar-refractivity contribution in [2.45, 2.75) is 63.9 Å². The molecule has 5 nitrogen and oxygen atoms in total. The summed E-state index contributed by atoms with van der Waals surface area (Å²) in [4.78, 5) is 4.27. The van der Waals surface area contributed by atoms with E-state index in [9.17, 15) is 0 Å². The van der Waals surface area contributed by atoms with Crippen LogP contribution in [0.25, 0.3) is 0 Å². The molecule has 1 unspecified atom stereocenters. The average molecular weight is 325 g/mol. The predicted octanol–water partition coefficient (Wildman–Crippen LogP) is 2.71. The molecule has 0 aromatic heterocycles. The summed E-state index contributed by atoms with van der Waals surface area (Å²) < 4.78 is 11.1. The van der Waals surface area contributed by atoms with Gasteiger partial charge in [-0.1, -0.05) is 38.5 Å². The van der Waals surface area contributed by atoms with E-state index in [4.69, 9.17) is 9.47 Å². The maximum atomic E-state index is 5.75. The van der Waals surface area contributed by atoms with Crippen molar-refractivity contribution < 1.29 is 9.47 Å². The van der Waals surface area contributed by atoms with Gasteiger partial charge in [-0.2, -0.15) is 0 Å². The lowest BCUT2D eigenvalue weighted by Gasteiger charge is -2.13. The van der Waals surface area contributed by atoms with Crippen LogP contribution in [0.1, 0.15) is 57.8 Å². The highest BCUT2D eigenvalue weighted by molar-refractivity contribution is 5.79. The van der Waals surface area contributed by atoms with Gasteiger partial charge in [0.15, 0.2) is 5.96 Å². The lowest BCUT2D eigenvalue weighted by Crippen LogP contribution is -2.38. The SMILES string of the molecule is CN=C(NCCCCC1CCCC1)NCCCOC1CCOC1.